The number of unbranched alkanes of at least 4 members (excludes halogenated alkanes) is 7. The SMILES string of the molecule is CC(=O)OCc1ccc(OCc2ccc(C)cc2)cc1.CCCCCCCCCCBr.Cc1ccc(COc2ccc(CO)cc2)cc1. The highest BCUT2D eigenvalue weighted by Crippen LogP contribution is 2.16. The Morgan fingerprint density at radius 3 is 1.33 bits per heavy atom. The number of carbonyl (C=O) groups is 1. The number of aliphatic hydroxyl groups is 1. The van der Waals surface area contributed by atoms with Crippen LogP contribution in [-0.2, 0) is 36.0 Å². The van der Waals surface area contributed by atoms with Crippen LogP contribution in [0.1, 0.15) is 98.6 Å². The van der Waals surface area contributed by atoms with E-state index >= 15 is 0 Å². The number of ether oxygens (including phenoxy) is 3. The molecule has 0 bridgehead atoms. The van der Waals surface area contributed by atoms with Crippen LogP contribution in [0.2, 0.25) is 0 Å². The van der Waals surface area contributed by atoms with Crippen molar-refractivity contribution in [2.75, 3.05) is 5.33 Å². The van der Waals surface area contributed by atoms with Crippen molar-refractivity contribution in [3.05, 3.63) is 130 Å². The number of hydrogen-bond donors (Lipinski definition) is 1. The van der Waals surface area contributed by atoms with Crippen LogP contribution >= 0.6 is 15.9 Å². The normalized spacial score (nSPS) is 10.2. The molecule has 4 rings (SSSR count). The van der Waals surface area contributed by atoms with E-state index in [0.29, 0.717) is 19.8 Å². The lowest BCUT2D eigenvalue weighted by molar-refractivity contribution is -0.142. The lowest BCUT2D eigenvalue weighted by atomic mass is 10.1. The Bertz CT molecular complexity index is 1360. The van der Waals surface area contributed by atoms with Crippen LogP contribution in [0.4, 0.5) is 0 Å². The molecule has 260 valence electrons. The molecule has 0 aromatic heterocycles. The molecule has 48 heavy (non-hydrogen) atoms. The fourth-order valence-electron chi connectivity index (χ4n) is 4.49. The smallest absolute Gasteiger partial charge is 0.302 e. The lowest BCUT2D eigenvalue weighted by Gasteiger charge is -2.08. The van der Waals surface area contributed by atoms with Gasteiger partial charge in [0.05, 0.1) is 6.61 Å². The molecule has 0 saturated carbocycles. The third kappa shape index (κ3) is 19.3. The number of esters is 1. The van der Waals surface area contributed by atoms with E-state index in [1.807, 2.05) is 48.5 Å². The summed E-state index contributed by atoms with van der Waals surface area (Å²) < 4.78 is 16.3. The van der Waals surface area contributed by atoms with Gasteiger partial charge < -0.3 is 19.3 Å². The van der Waals surface area contributed by atoms with Gasteiger partial charge >= 0.3 is 5.97 Å². The van der Waals surface area contributed by atoms with Crippen molar-refractivity contribution < 1.29 is 24.1 Å². The maximum atomic E-state index is 10.7. The molecule has 1 N–H and O–H groups in total. The first-order valence-corrected chi connectivity index (χ1v) is 18.3. The fraction of sp³-hybridized carbons (Fsp3) is 0.405. The molecule has 4 aromatic carbocycles. The Morgan fingerprint density at radius 1 is 0.562 bits per heavy atom. The number of aryl methyl sites for hydroxylation is 2. The van der Waals surface area contributed by atoms with Gasteiger partial charge in [-0.05, 0) is 66.8 Å². The van der Waals surface area contributed by atoms with E-state index in [-0.39, 0.29) is 12.6 Å². The number of aliphatic hydroxyl groups excluding tert-OH is 1. The van der Waals surface area contributed by atoms with Crippen molar-refractivity contribution in [3.63, 3.8) is 0 Å². The molecule has 0 atom stereocenters. The molecule has 4 aromatic rings. The Hall–Kier alpha value is -3.61. The van der Waals surface area contributed by atoms with Gasteiger partial charge in [-0.15, -0.1) is 0 Å². The summed E-state index contributed by atoms with van der Waals surface area (Å²) >= 11 is 3.44. The second-order valence-electron chi connectivity index (χ2n) is 11.9. The Balaban J connectivity index is 0.000000261. The summed E-state index contributed by atoms with van der Waals surface area (Å²) in [7, 11) is 0. The average Bonchev–Trinajstić information content (AvgIpc) is 3.11. The Kier molecular flexibility index (Phi) is 21.5. The third-order valence-corrected chi connectivity index (χ3v) is 8.07. The highest BCUT2D eigenvalue weighted by Gasteiger charge is 2.00. The van der Waals surface area contributed by atoms with Crippen LogP contribution in [0.25, 0.3) is 0 Å². The number of halogens is 1. The number of hydrogen-bond acceptors (Lipinski definition) is 5. The first kappa shape index (κ1) is 40.6. The summed E-state index contributed by atoms with van der Waals surface area (Å²) in [5.41, 5.74) is 6.63. The van der Waals surface area contributed by atoms with Gasteiger partial charge in [0.2, 0.25) is 0 Å². The van der Waals surface area contributed by atoms with Crippen LogP contribution in [-0.4, -0.2) is 16.4 Å². The van der Waals surface area contributed by atoms with Gasteiger partial charge in [0, 0.05) is 12.3 Å². The predicted octanol–water partition coefficient (Wildman–Crippen LogP) is 11.2. The monoisotopic (exact) mass is 718 g/mol. The molecule has 0 saturated heterocycles. The topological polar surface area (TPSA) is 65.0 Å². The van der Waals surface area contributed by atoms with Gasteiger partial charge in [-0.1, -0.05) is 152 Å². The Labute approximate surface area is 297 Å². The zero-order chi connectivity index (χ0) is 34.8. The zero-order valence-electron chi connectivity index (χ0n) is 29.4. The fourth-order valence-corrected chi connectivity index (χ4v) is 4.88. The van der Waals surface area contributed by atoms with Gasteiger partial charge in [0.15, 0.2) is 0 Å². The largest absolute Gasteiger partial charge is 0.489 e. The molecular formula is C42H55BrO5. The Morgan fingerprint density at radius 2 is 0.938 bits per heavy atom. The number of alkyl halides is 1. The number of carbonyl (C=O) groups excluding carboxylic acids is 1. The molecule has 0 aliphatic carbocycles. The molecule has 0 spiro atoms. The van der Waals surface area contributed by atoms with Gasteiger partial charge in [0.25, 0.3) is 0 Å². The van der Waals surface area contributed by atoms with Crippen molar-refractivity contribution in [2.24, 2.45) is 0 Å². The van der Waals surface area contributed by atoms with Gasteiger partial charge in [-0.25, -0.2) is 0 Å². The minimum atomic E-state index is -0.273. The van der Waals surface area contributed by atoms with Crippen molar-refractivity contribution >= 4 is 21.9 Å². The van der Waals surface area contributed by atoms with Crippen molar-refractivity contribution in [3.8, 4) is 11.5 Å². The molecule has 0 unspecified atom stereocenters. The second-order valence-corrected chi connectivity index (χ2v) is 12.7. The maximum Gasteiger partial charge on any atom is 0.302 e. The second kappa shape index (κ2) is 25.4. The van der Waals surface area contributed by atoms with E-state index in [4.69, 9.17) is 19.3 Å². The predicted molar refractivity (Wildman–Crippen MR) is 202 cm³/mol. The maximum absolute atomic E-state index is 10.7. The molecule has 5 nitrogen and oxygen atoms in total. The van der Waals surface area contributed by atoms with E-state index in [9.17, 15) is 4.79 Å². The van der Waals surface area contributed by atoms with E-state index < -0.39 is 0 Å². The molecule has 0 heterocycles. The van der Waals surface area contributed by atoms with Gasteiger partial charge in [-0.3, -0.25) is 4.79 Å². The standard InChI is InChI=1S/C17H18O3.C15H16O2.C10H21Br/c1-13-3-5-15(6-4-13)12-20-17-9-7-16(8-10-17)11-19-14(2)18;1-12-2-4-14(5-3-12)11-17-15-8-6-13(10-16)7-9-15;1-2-3-4-5-6-7-8-9-10-11/h3-10H,11-12H2,1-2H3;2-9,16H,10-11H2,1H3;2-10H2,1H3. The van der Waals surface area contributed by atoms with Crippen LogP contribution in [0.5, 0.6) is 11.5 Å². The molecule has 6 heteroatoms. The third-order valence-electron chi connectivity index (χ3n) is 7.51. The van der Waals surface area contributed by atoms with E-state index in [1.54, 1.807) is 0 Å². The lowest BCUT2D eigenvalue weighted by Crippen LogP contribution is -1.99. The highest BCUT2D eigenvalue weighted by atomic mass is 79.9. The van der Waals surface area contributed by atoms with E-state index in [2.05, 4.69) is 85.2 Å². The first-order chi connectivity index (χ1) is 23.3. The summed E-state index contributed by atoms with van der Waals surface area (Å²) in [6.45, 7) is 9.28. The van der Waals surface area contributed by atoms with Crippen LogP contribution in [0.3, 0.4) is 0 Å². The van der Waals surface area contributed by atoms with E-state index in [0.717, 1.165) is 33.8 Å². The summed E-state index contributed by atoms with van der Waals surface area (Å²) in [4.78, 5) is 10.7. The van der Waals surface area contributed by atoms with Crippen molar-refractivity contribution in [1.82, 2.24) is 0 Å². The van der Waals surface area contributed by atoms with Crippen molar-refractivity contribution in [1.29, 1.82) is 0 Å². The molecule has 0 aliphatic heterocycles. The van der Waals surface area contributed by atoms with E-state index in [1.165, 1.54) is 74.7 Å². The summed E-state index contributed by atoms with van der Waals surface area (Å²) in [6, 6.07) is 31.6. The minimum Gasteiger partial charge on any atom is -0.489 e. The highest BCUT2D eigenvalue weighted by molar-refractivity contribution is 9.09. The molecule has 0 aliphatic rings. The first-order valence-electron chi connectivity index (χ1n) is 17.2. The van der Waals surface area contributed by atoms with Gasteiger partial charge in [-0.2, -0.15) is 0 Å². The van der Waals surface area contributed by atoms with Crippen LogP contribution in [0.15, 0.2) is 97.1 Å². The quantitative estimate of drug-likeness (QED) is 0.0669. The molecule has 0 amide bonds. The summed E-state index contributed by atoms with van der Waals surface area (Å²) in [5, 5.41) is 10.1. The molecule has 0 radical (unpaired) electrons. The number of benzene rings is 4. The summed E-state index contributed by atoms with van der Waals surface area (Å²) in [6.07, 6.45) is 11.4. The van der Waals surface area contributed by atoms with Gasteiger partial charge in [0.1, 0.15) is 31.3 Å². The minimum absolute atomic E-state index is 0.0677. The molecular weight excluding hydrogens is 664 g/mol. The average molecular weight is 720 g/mol. The van der Waals surface area contributed by atoms with Crippen LogP contribution < -0.4 is 9.47 Å². The molecule has 0 fully saturated rings. The van der Waals surface area contributed by atoms with Crippen LogP contribution in [0, 0.1) is 13.8 Å². The summed E-state index contributed by atoms with van der Waals surface area (Å²) in [5.74, 6) is 1.35. The van der Waals surface area contributed by atoms with Crippen molar-refractivity contribution in [2.45, 2.75) is 105 Å². The number of rotatable bonds is 17. The zero-order valence-corrected chi connectivity index (χ0v) is 31.0.